The number of nitrogens with zero attached hydrogens (tertiary/aromatic N) is 2. The fourth-order valence-corrected chi connectivity index (χ4v) is 2.44. The number of rotatable bonds is 6. The van der Waals surface area contributed by atoms with E-state index in [0.29, 0.717) is 18.7 Å². The summed E-state index contributed by atoms with van der Waals surface area (Å²) in [5.74, 6) is -1.33. The molecule has 0 bridgehead atoms. The highest BCUT2D eigenvalue weighted by Crippen LogP contribution is 2.24. The zero-order valence-corrected chi connectivity index (χ0v) is 11.9. The van der Waals surface area contributed by atoms with E-state index in [1.807, 2.05) is 6.07 Å². The van der Waals surface area contributed by atoms with Gasteiger partial charge in [0.2, 0.25) is 5.91 Å². The van der Waals surface area contributed by atoms with Crippen molar-refractivity contribution in [2.45, 2.75) is 25.3 Å². The summed E-state index contributed by atoms with van der Waals surface area (Å²) in [6.45, 7) is 0.471. The number of hydrogen-bond acceptors (Lipinski definition) is 4. The number of para-hydroxylation sites is 1. The number of hydrogen-bond donors (Lipinski definition) is 1. The second-order valence-electron chi connectivity index (χ2n) is 5.10. The highest BCUT2D eigenvalue weighted by molar-refractivity contribution is 6.22. The fraction of sp³-hybridized carbons (Fsp3) is 0.400. The molecule has 1 heterocycles. The Balaban J connectivity index is 2.02. The molecule has 1 fully saturated rings. The third-order valence-corrected chi connectivity index (χ3v) is 3.57. The molecule has 1 aromatic rings. The number of imide groups is 1. The molecule has 0 aliphatic carbocycles. The third-order valence-electron chi connectivity index (χ3n) is 3.57. The highest BCUT2D eigenvalue weighted by Gasteiger charge is 2.41. The minimum atomic E-state index is -0.858. The molecule has 0 spiro atoms. The zero-order chi connectivity index (χ0) is 15.4. The van der Waals surface area contributed by atoms with Gasteiger partial charge >= 0.3 is 5.97 Å². The van der Waals surface area contributed by atoms with Gasteiger partial charge in [0.05, 0.1) is 18.2 Å². The van der Waals surface area contributed by atoms with Gasteiger partial charge in [-0.05, 0) is 32.1 Å². The molecular weight excluding hydrogens is 272 g/mol. The zero-order valence-electron chi connectivity index (χ0n) is 11.9. The van der Waals surface area contributed by atoms with E-state index in [2.05, 4.69) is 0 Å². The first-order valence-electron chi connectivity index (χ1n) is 6.84. The van der Waals surface area contributed by atoms with Crippen molar-refractivity contribution in [2.75, 3.05) is 18.5 Å². The minimum Gasteiger partial charge on any atom is -0.481 e. The number of carbonyl (C=O) groups excluding carboxylic acids is 2. The molecule has 1 aliphatic heterocycles. The van der Waals surface area contributed by atoms with Crippen molar-refractivity contribution in [3.05, 3.63) is 30.3 Å². The summed E-state index contributed by atoms with van der Waals surface area (Å²) in [5.41, 5.74) is 0.578. The van der Waals surface area contributed by atoms with Crippen molar-refractivity contribution in [2.24, 2.45) is 0 Å². The van der Waals surface area contributed by atoms with Gasteiger partial charge in [-0.25, -0.2) is 4.90 Å². The smallest absolute Gasteiger partial charge is 0.303 e. The van der Waals surface area contributed by atoms with Crippen LogP contribution in [-0.4, -0.2) is 47.4 Å². The number of carbonyl (C=O) groups is 3. The standard InChI is InChI=1S/C15H18N2O4/c1-16(9-5-8-14(19)20)12-10-13(18)17(15(12)21)11-6-3-2-4-7-11/h2-4,6-7,12H,5,8-10H2,1H3,(H,19,20). The molecule has 0 radical (unpaired) electrons. The monoisotopic (exact) mass is 290 g/mol. The quantitative estimate of drug-likeness (QED) is 0.794. The van der Waals surface area contributed by atoms with Crippen LogP contribution in [0.1, 0.15) is 19.3 Å². The number of anilines is 1. The highest BCUT2D eigenvalue weighted by atomic mass is 16.4. The van der Waals surface area contributed by atoms with Gasteiger partial charge in [-0.1, -0.05) is 18.2 Å². The van der Waals surface area contributed by atoms with Gasteiger partial charge in [-0.2, -0.15) is 0 Å². The normalized spacial score (nSPS) is 18.6. The van der Waals surface area contributed by atoms with Crippen LogP contribution in [0, 0.1) is 0 Å². The van der Waals surface area contributed by atoms with Gasteiger partial charge in [-0.15, -0.1) is 0 Å². The Morgan fingerprint density at radius 2 is 2.00 bits per heavy atom. The lowest BCUT2D eigenvalue weighted by atomic mass is 10.2. The van der Waals surface area contributed by atoms with Gasteiger partial charge in [0.1, 0.15) is 0 Å². The Labute approximate surface area is 123 Å². The van der Waals surface area contributed by atoms with E-state index >= 15 is 0 Å². The summed E-state index contributed by atoms with van der Waals surface area (Å²) in [7, 11) is 1.74. The van der Waals surface area contributed by atoms with Crippen molar-refractivity contribution in [1.82, 2.24) is 4.90 Å². The van der Waals surface area contributed by atoms with Crippen LogP contribution in [0.25, 0.3) is 0 Å². The molecule has 6 nitrogen and oxygen atoms in total. The Hall–Kier alpha value is -2.21. The molecule has 1 aromatic carbocycles. The van der Waals surface area contributed by atoms with Gasteiger partial charge in [0, 0.05) is 6.42 Å². The van der Waals surface area contributed by atoms with Crippen LogP contribution in [-0.2, 0) is 14.4 Å². The van der Waals surface area contributed by atoms with Crippen molar-refractivity contribution < 1.29 is 19.5 Å². The molecule has 2 rings (SSSR count). The van der Waals surface area contributed by atoms with Crippen LogP contribution < -0.4 is 4.90 Å². The van der Waals surface area contributed by atoms with E-state index in [9.17, 15) is 14.4 Å². The number of benzene rings is 1. The predicted molar refractivity (Wildman–Crippen MR) is 76.8 cm³/mol. The Kier molecular flexibility index (Phi) is 4.70. The summed E-state index contributed by atoms with van der Waals surface area (Å²) in [6, 6.07) is 8.32. The molecule has 2 amide bonds. The Bertz CT molecular complexity index is 544. The van der Waals surface area contributed by atoms with E-state index in [-0.39, 0.29) is 24.7 Å². The molecule has 1 unspecified atom stereocenters. The average Bonchev–Trinajstić information content (AvgIpc) is 2.74. The minimum absolute atomic E-state index is 0.0571. The van der Waals surface area contributed by atoms with Gasteiger partial charge in [-0.3, -0.25) is 19.3 Å². The molecule has 1 saturated heterocycles. The van der Waals surface area contributed by atoms with Crippen LogP contribution in [0.4, 0.5) is 5.69 Å². The van der Waals surface area contributed by atoms with Crippen molar-refractivity contribution in [3.63, 3.8) is 0 Å². The van der Waals surface area contributed by atoms with E-state index in [1.165, 1.54) is 4.90 Å². The molecule has 112 valence electrons. The van der Waals surface area contributed by atoms with Gasteiger partial charge in [0.15, 0.2) is 0 Å². The third kappa shape index (κ3) is 3.46. The van der Waals surface area contributed by atoms with Crippen LogP contribution >= 0.6 is 0 Å². The Morgan fingerprint density at radius 1 is 1.33 bits per heavy atom. The Morgan fingerprint density at radius 3 is 2.62 bits per heavy atom. The summed E-state index contributed by atoms with van der Waals surface area (Å²) >= 11 is 0. The predicted octanol–water partition coefficient (Wildman–Crippen LogP) is 1.12. The van der Waals surface area contributed by atoms with E-state index in [1.54, 1.807) is 36.2 Å². The number of amides is 2. The van der Waals surface area contributed by atoms with Crippen molar-refractivity contribution in [3.8, 4) is 0 Å². The summed E-state index contributed by atoms with van der Waals surface area (Å²) in [6.07, 6.45) is 0.647. The number of aliphatic carboxylic acids is 1. The summed E-state index contributed by atoms with van der Waals surface area (Å²) in [5, 5.41) is 8.63. The first-order valence-corrected chi connectivity index (χ1v) is 6.84. The molecule has 0 aromatic heterocycles. The largest absolute Gasteiger partial charge is 0.481 e. The number of carboxylic acid groups (broad SMARTS) is 1. The van der Waals surface area contributed by atoms with Crippen molar-refractivity contribution >= 4 is 23.5 Å². The molecule has 1 atom stereocenters. The van der Waals surface area contributed by atoms with Gasteiger partial charge in [0.25, 0.3) is 5.91 Å². The van der Waals surface area contributed by atoms with E-state index in [0.717, 1.165) is 0 Å². The van der Waals surface area contributed by atoms with Crippen LogP contribution in [0.2, 0.25) is 0 Å². The maximum Gasteiger partial charge on any atom is 0.303 e. The second-order valence-corrected chi connectivity index (χ2v) is 5.10. The SMILES string of the molecule is CN(CCCC(=O)O)C1CC(=O)N(c2ccccc2)C1=O. The molecule has 21 heavy (non-hydrogen) atoms. The molecule has 1 N–H and O–H groups in total. The average molecular weight is 290 g/mol. The maximum absolute atomic E-state index is 12.4. The molecule has 0 saturated carbocycles. The second kappa shape index (κ2) is 6.49. The first kappa shape index (κ1) is 15.2. The molecule has 6 heteroatoms. The van der Waals surface area contributed by atoms with Crippen LogP contribution in [0.15, 0.2) is 30.3 Å². The lowest BCUT2D eigenvalue weighted by Crippen LogP contribution is -2.40. The van der Waals surface area contributed by atoms with E-state index < -0.39 is 12.0 Å². The summed E-state index contributed by atoms with van der Waals surface area (Å²) < 4.78 is 0. The number of carboxylic acids is 1. The van der Waals surface area contributed by atoms with E-state index in [4.69, 9.17) is 5.11 Å². The number of likely N-dealkylation sites (N-methyl/N-ethyl adjacent to an activating group) is 1. The fourth-order valence-electron chi connectivity index (χ4n) is 2.44. The van der Waals surface area contributed by atoms with Crippen LogP contribution in [0.5, 0.6) is 0 Å². The summed E-state index contributed by atoms with van der Waals surface area (Å²) in [4.78, 5) is 37.9. The lowest BCUT2D eigenvalue weighted by Gasteiger charge is -2.22. The van der Waals surface area contributed by atoms with Crippen LogP contribution in [0.3, 0.4) is 0 Å². The maximum atomic E-state index is 12.4. The topological polar surface area (TPSA) is 77.9 Å². The lowest BCUT2D eigenvalue weighted by molar-refractivity contribution is -0.137. The van der Waals surface area contributed by atoms with Crippen molar-refractivity contribution in [1.29, 1.82) is 0 Å². The molecule has 1 aliphatic rings. The van der Waals surface area contributed by atoms with Gasteiger partial charge < -0.3 is 5.11 Å². The first-order chi connectivity index (χ1) is 10.0. The molecular formula is C15H18N2O4.